The fourth-order valence-corrected chi connectivity index (χ4v) is 3.42. The van der Waals surface area contributed by atoms with Crippen LogP contribution in [0.5, 0.6) is 5.75 Å². The number of halogens is 5. The van der Waals surface area contributed by atoms with Crippen LogP contribution in [0.4, 0.5) is 17.6 Å². The summed E-state index contributed by atoms with van der Waals surface area (Å²) >= 11 is 3.22. The summed E-state index contributed by atoms with van der Waals surface area (Å²) in [5.74, 6) is 0.670. The molecule has 0 aliphatic carbocycles. The van der Waals surface area contributed by atoms with E-state index in [1.54, 1.807) is 24.4 Å². The Labute approximate surface area is 189 Å². The Morgan fingerprint density at radius 2 is 1.75 bits per heavy atom. The van der Waals surface area contributed by atoms with Crippen molar-refractivity contribution in [3.63, 3.8) is 0 Å². The first-order chi connectivity index (χ1) is 15.2. The van der Waals surface area contributed by atoms with E-state index in [-0.39, 0.29) is 12.4 Å². The van der Waals surface area contributed by atoms with Gasteiger partial charge in [-0.3, -0.25) is 4.98 Å². The van der Waals surface area contributed by atoms with Gasteiger partial charge in [0.1, 0.15) is 29.7 Å². The number of rotatable bonds is 5. The minimum absolute atomic E-state index is 0.0917. The van der Waals surface area contributed by atoms with Crippen LogP contribution in [-0.4, -0.2) is 15.0 Å². The number of hydrogen-bond acceptors (Lipinski definition) is 3. The molecule has 2 heterocycles. The van der Waals surface area contributed by atoms with Crippen molar-refractivity contribution in [3.8, 4) is 28.4 Å². The molecule has 0 fully saturated rings. The number of nitrogens with one attached hydrogen (secondary N) is 1. The molecule has 0 aliphatic heterocycles. The van der Waals surface area contributed by atoms with E-state index in [4.69, 9.17) is 4.74 Å². The lowest BCUT2D eigenvalue weighted by Crippen LogP contribution is -2.07. The molecular weight excluding hydrogens is 490 g/mol. The highest BCUT2D eigenvalue weighted by molar-refractivity contribution is 9.10. The summed E-state index contributed by atoms with van der Waals surface area (Å²) in [4.78, 5) is 10.8. The lowest BCUT2D eigenvalue weighted by atomic mass is 10.1. The van der Waals surface area contributed by atoms with Crippen LogP contribution in [0.15, 0.2) is 65.4 Å². The first kappa shape index (κ1) is 22.0. The second-order valence-corrected chi connectivity index (χ2v) is 8.00. The average Bonchev–Trinajstić information content (AvgIpc) is 3.24. The van der Waals surface area contributed by atoms with Gasteiger partial charge in [-0.1, -0.05) is 22.0 Å². The van der Waals surface area contributed by atoms with E-state index in [9.17, 15) is 17.6 Å². The van der Waals surface area contributed by atoms with Crippen molar-refractivity contribution in [2.75, 3.05) is 0 Å². The third-order valence-electron chi connectivity index (χ3n) is 4.79. The molecule has 0 atom stereocenters. The first-order valence-corrected chi connectivity index (χ1v) is 10.3. The third-order valence-corrected chi connectivity index (χ3v) is 5.28. The van der Waals surface area contributed by atoms with Crippen LogP contribution in [0.3, 0.4) is 0 Å². The largest absolute Gasteiger partial charge is 0.489 e. The molecule has 4 rings (SSSR count). The number of pyridine rings is 1. The Kier molecular flexibility index (Phi) is 6.01. The van der Waals surface area contributed by atoms with E-state index < -0.39 is 11.9 Å². The zero-order valence-electron chi connectivity index (χ0n) is 16.7. The summed E-state index contributed by atoms with van der Waals surface area (Å²) in [6.07, 6.45) is -1.76. The third kappa shape index (κ3) is 4.83. The Balaban J connectivity index is 1.49. The molecule has 1 N–H and O–H groups in total. The molecule has 0 bridgehead atoms. The molecule has 2 aromatic carbocycles. The van der Waals surface area contributed by atoms with Crippen molar-refractivity contribution >= 4 is 15.9 Å². The highest BCUT2D eigenvalue weighted by Gasteiger charge is 2.32. The van der Waals surface area contributed by atoms with Crippen molar-refractivity contribution in [2.45, 2.75) is 19.7 Å². The number of hydrogen-bond donors (Lipinski definition) is 1. The van der Waals surface area contributed by atoms with E-state index in [1.807, 2.05) is 19.1 Å². The lowest BCUT2D eigenvalue weighted by Gasteiger charge is -2.11. The molecule has 0 saturated carbocycles. The number of aryl methyl sites for hydroxylation is 1. The van der Waals surface area contributed by atoms with Crippen molar-refractivity contribution in [1.29, 1.82) is 0 Å². The molecule has 0 aliphatic rings. The molecular formula is C23H16BrF4N3O. The summed E-state index contributed by atoms with van der Waals surface area (Å²) in [7, 11) is 0. The molecule has 0 amide bonds. The van der Waals surface area contributed by atoms with Crippen molar-refractivity contribution < 1.29 is 22.3 Å². The zero-order valence-corrected chi connectivity index (χ0v) is 18.3. The minimum Gasteiger partial charge on any atom is -0.489 e. The number of H-pyrrole nitrogens is 1. The molecule has 0 unspecified atom stereocenters. The summed E-state index contributed by atoms with van der Waals surface area (Å²) < 4.78 is 58.5. The maximum Gasteiger partial charge on any atom is 0.433 e. The fourth-order valence-electron chi connectivity index (χ4n) is 3.09. The Morgan fingerprint density at radius 1 is 0.969 bits per heavy atom. The molecule has 32 heavy (non-hydrogen) atoms. The van der Waals surface area contributed by atoms with Gasteiger partial charge < -0.3 is 9.72 Å². The second-order valence-electron chi connectivity index (χ2n) is 7.08. The molecule has 0 radical (unpaired) electrons. The quantitative estimate of drug-likeness (QED) is 0.298. The van der Waals surface area contributed by atoms with Crippen LogP contribution in [0.2, 0.25) is 0 Å². The second kappa shape index (κ2) is 8.74. The smallest absolute Gasteiger partial charge is 0.433 e. The fraction of sp³-hybridized carbons (Fsp3) is 0.130. The van der Waals surface area contributed by atoms with Gasteiger partial charge in [-0.2, -0.15) is 13.2 Å². The van der Waals surface area contributed by atoms with Gasteiger partial charge in [0, 0.05) is 27.4 Å². The van der Waals surface area contributed by atoms with E-state index >= 15 is 0 Å². The van der Waals surface area contributed by atoms with Gasteiger partial charge >= 0.3 is 6.18 Å². The number of aromatic amines is 1. The number of benzene rings is 2. The van der Waals surface area contributed by atoms with Gasteiger partial charge in [-0.15, -0.1) is 0 Å². The van der Waals surface area contributed by atoms with Crippen LogP contribution >= 0.6 is 15.9 Å². The zero-order chi connectivity index (χ0) is 22.9. The molecule has 9 heteroatoms. The maximum absolute atomic E-state index is 14.0. The lowest BCUT2D eigenvalue weighted by molar-refractivity contribution is -0.141. The van der Waals surface area contributed by atoms with E-state index in [0.717, 1.165) is 23.4 Å². The normalized spacial score (nSPS) is 11.6. The average molecular weight is 506 g/mol. The van der Waals surface area contributed by atoms with Crippen LogP contribution in [0.1, 0.15) is 16.8 Å². The topological polar surface area (TPSA) is 50.8 Å². The van der Waals surface area contributed by atoms with Crippen LogP contribution in [0, 0.1) is 12.7 Å². The molecule has 4 nitrogen and oxygen atoms in total. The van der Waals surface area contributed by atoms with Gasteiger partial charge in [0.15, 0.2) is 0 Å². The number of aromatic nitrogens is 3. The van der Waals surface area contributed by atoms with E-state index in [2.05, 4.69) is 30.9 Å². The summed E-state index contributed by atoms with van der Waals surface area (Å²) in [5, 5.41) is 0. The number of alkyl halides is 3. The number of imidazole rings is 1. The summed E-state index contributed by atoms with van der Waals surface area (Å²) in [6.45, 7) is 1.96. The summed E-state index contributed by atoms with van der Waals surface area (Å²) in [6, 6.07) is 12.5. The van der Waals surface area contributed by atoms with Gasteiger partial charge in [0.25, 0.3) is 0 Å². The van der Waals surface area contributed by atoms with Crippen LogP contribution in [-0.2, 0) is 12.8 Å². The Hall–Kier alpha value is -3.20. The molecule has 0 spiro atoms. The van der Waals surface area contributed by atoms with Gasteiger partial charge in [0.05, 0.1) is 11.9 Å². The van der Waals surface area contributed by atoms with Gasteiger partial charge in [0.2, 0.25) is 0 Å². The maximum atomic E-state index is 14.0. The standard InChI is InChI=1S/C23H16BrF4N3O/c1-13-8-14(3-6-20(13)32-12-16-2-5-17(24)9-18(16)25)19-11-30-22(31-19)15-4-7-21(29-10-15)23(26,27)28/h2-11H,12H2,1H3,(H,30,31). The van der Waals surface area contributed by atoms with Gasteiger partial charge in [-0.05, 0) is 55.0 Å². The van der Waals surface area contributed by atoms with Crippen LogP contribution < -0.4 is 4.74 Å². The van der Waals surface area contributed by atoms with Gasteiger partial charge in [-0.25, -0.2) is 9.37 Å². The minimum atomic E-state index is -4.49. The van der Waals surface area contributed by atoms with Crippen LogP contribution in [0.25, 0.3) is 22.6 Å². The van der Waals surface area contributed by atoms with Crippen molar-refractivity contribution in [3.05, 3.63) is 88.0 Å². The first-order valence-electron chi connectivity index (χ1n) is 9.47. The van der Waals surface area contributed by atoms with E-state index in [1.165, 1.54) is 12.1 Å². The monoisotopic (exact) mass is 505 g/mol. The molecule has 4 aromatic rings. The summed E-state index contributed by atoms with van der Waals surface area (Å²) in [5.41, 5.74) is 2.28. The predicted octanol–water partition coefficient (Wildman–Crippen LogP) is 6.95. The highest BCUT2D eigenvalue weighted by Crippen LogP contribution is 2.30. The van der Waals surface area contributed by atoms with E-state index in [0.29, 0.717) is 32.9 Å². The SMILES string of the molecule is Cc1cc(-c2cnc(-c3ccc(C(F)(F)F)nc3)[nH]2)ccc1OCc1ccc(Br)cc1F. The number of nitrogens with zero attached hydrogens (tertiary/aromatic N) is 2. The molecule has 164 valence electrons. The molecule has 2 aromatic heterocycles. The highest BCUT2D eigenvalue weighted by atomic mass is 79.9. The molecule has 0 saturated heterocycles. The van der Waals surface area contributed by atoms with Crippen molar-refractivity contribution in [1.82, 2.24) is 15.0 Å². The predicted molar refractivity (Wildman–Crippen MR) is 115 cm³/mol. The Morgan fingerprint density at radius 3 is 2.41 bits per heavy atom. The number of ether oxygens (including phenoxy) is 1. The Bertz CT molecular complexity index is 1250. The van der Waals surface area contributed by atoms with Crippen molar-refractivity contribution in [2.24, 2.45) is 0 Å².